The maximum absolute atomic E-state index is 11.6. The molecule has 11 heteroatoms. The Balaban J connectivity index is 1.06. The Hall–Kier alpha value is -4.69. The lowest BCUT2D eigenvalue weighted by Crippen LogP contribution is -2.68. The van der Waals surface area contributed by atoms with Crippen molar-refractivity contribution in [2.75, 3.05) is 44.8 Å². The number of carbonyl (C=O) groups is 1. The van der Waals surface area contributed by atoms with E-state index in [1.807, 2.05) is 29.4 Å². The van der Waals surface area contributed by atoms with E-state index in [2.05, 4.69) is 51.1 Å². The highest BCUT2D eigenvalue weighted by molar-refractivity contribution is 5.85. The van der Waals surface area contributed by atoms with E-state index in [1.54, 1.807) is 30.9 Å². The fourth-order valence-corrected chi connectivity index (χ4v) is 6.63. The number of nitriles is 1. The minimum atomic E-state index is -0.0951. The predicted molar refractivity (Wildman–Crippen MR) is 160 cm³/mol. The molecule has 8 rings (SSSR count). The molecule has 0 N–H and O–H groups in total. The minimum absolute atomic E-state index is 0.0859. The van der Waals surface area contributed by atoms with Gasteiger partial charge in [-0.25, -0.2) is 14.5 Å². The number of piperazine rings is 1. The molecular weight excluding hydrogens is 544 g/mol. The smallest absolute Gasteiger partial charge is 0.219 e. The maximum atomic E-state index is 11.6. The number of aromatic nitrogens is 4. The number of hydrogen-bond donors (Lipinski definition) is 0. The second kappa shape index (κ2) is 10.5. The predicted octanol–water partition coefficient (Wildman–Crippen LogP) is 3.38. The average molecular weight is 579 g/mol. The minimum Gasteiger partial charge on any atom is -0.491 e. The fraction of sp³-hybridized carbons (Fsp3) is 0.406. The van der Waals surface area contributed by atoms with Crippen LogP contribution in [-0.4, -0.2) is 87.3 Å². The summed E-state index contributed by atoms with van der Waals surface area (Å²) in [6.07, 6.45) is 8.36. The summed E-state index contributed by atoms with van der Waals surface area (Å²) in [7, 11) is 1.63. The molecule has 4 aromatic heterocycles. The van der Waals surface area contributed by atoms with E-state index in [4.69, 9.17) is 14.5 Å². The molecule has 220 valence electrons. The molecule has 4 saturated heterocycles. The molecule has 0 aromatic carbocycles. The summed E-state index contributed by atoms with van der Waals surface area (Å²) in [5, 5.41) is 14.2. The van der Waals surface area contributed by atoms with Crippen molar-refractivity contribution in [3.63, 3.8) is 0 Å². The Morgan fingerprint density at radius 1 is 1.12 bits per heavy atom. The number of likely N-dealkylation sites (tertiary alicyclic amines) is 1. The van der Waals surface area contributed by atoms with Crippen LogP contribution in [0, 0.1) is 16.7 Å². The Kier molecular flexibility index (Phi) is 6.66. The third-order valence-corrected chi connectivity index (χ3v) is 8.98. The first-order valence-corrected chi connectivity index (χ1v) is 14.6. The number of rotatable bonds is 8. The maximum Gasteiger partial charge on any atom is 0.219 e. The van der Waals surface area contributed by atoms with Crippen LogP contribution in [0.3, 0.4) is 0 Å². The van der Waals surface area contributed by atoms with Crippen molar-refractivity contribution in [1.82, 2.24) is 29.4 Å². The van der Waals surface area contributed by atoms with Crippen LogP contribution in [0.25, 0.3) is 16.6 Å². The SMILES string of the molecule is COc1ccc(CN2C3CC2CN(c2ccc(-c4cc(OCC5(C)CN(C(C)=O)C5)cn5ncc(C#N)c45)cn2)C3)cn1. The molecule has 0 saturated carbocycles. The number of anilines is 1. The van der Waals surface area contributed by atoms with Crippen LogP contribution in [0.4, 0.5) is 5.82 Å². The van der Waals surface area contributed by atoms with E-state index in [-0.39, 0.29) is 11.3 Å². The number of carbonyl (C=O) groups excluding carboxylic acids is 1. The van der Waals surface area contributed by atoms with Crippen LogP contribution < -0.4 is 14.4 Å². The topological polar surface area (TPSA) is 112 Å². The van der Waals surface area contributed by atoms with Crippen LogP contribution in [0.2, 0.25) is 0 Å². The van der Waals surface area contributed by atoms with Crippen LogP contribution in [-0.2, 0) is 11.3 Å². The molecule has 0 spiro atoms. The highest BCUT2D eigenvalue weighted by Gasteiger charge is 2.44. The third kappa shape index (κ3) is 5.02. The van der Waals surface area contributed by atoms with Crippen molar-refractivity contribution in [2.45, 2.75) is 38.9 Å². The van der Waals surface area contributed by atoms with Gasteiger partial charge in [-0.15, -0.1) is 0 Å². The molecule has 4 aliphatic rings. The fourth-order valence-electron chi connectivity index (χ4n) is 6.63. The summed E-state index contributed by atoms with van der Waals surface area (Å²) in [5.74, 6) is 2.33. The number of pyridine rings is 3. The number of piperidine rings is 1. The van der Waals surface area contributed by atoms with Crippen molar-refractivity contribution < 1.29 is 14.3 Å². The van der Waals surface area contributed by atoms with E-state index in [1.165, 1.54) is 12.0 Å². The lowest BCUT2D eigenvalue weighted by molar-refractivity contribution is -0.141. The van der Waals surface area contributed by atoms with E-state index in [9.17, 15) is 10.1 Å². The first kappa shape index (κ1) is 27.2. The zero-order chi connectivity index (χ0) is 29.7. The van der Waals surface area contributed by atoms with E-state index < -0.39 is 0 Å². The summed E-state index contributed by atoms with van der Waals surface area (Å²) < 4.78 is 13.1. The van der Waals surface area contributed by atoms with E-state index in [0.29, 0.717) is 49.0 Å². The van der Waals surface area contributed by atoms with E-state index in [0.717, 1.165) is 42.1 Å². The number of nitrogens with zero attached hydrogens (tertiary/aromatic N) is 8. The molecule has 2 atom stereocenters. The van der Waals surface area contributed by atoms with Gasteiger partial charge in [0.25, 0.3) is 0 Å². The quantitative estimate of drug-likeness (QED) is 0.311. The van der Waals surface area contributed by atoms with Gasteiger partial charge in [-0.1, -0.05) is 13.0 Å². The highest BCUT2D eigenvalue weighted by Crippen LogP contribution is 2.37. The van der Waals surface area contributed by atoms with Crippen molar-refractivity contribution in [3.05, 3.63) is 66.2 Å². The zero-order valence-corrected chi connectivity index (χ0v) is 24.6. The number of amides is 1. The van der Waals surface area contributed by atoms with Crippen LogP contribution >= 0.6 is 0 Å². The lowest BCUT2D eigenvalue weighted by atomic mass is 9.83. The molecule has 2 bridgehead atoms. The van der Waals surface area contributed by atoms with Gasteiger partial charge in [0.15, 0.2) is 0 Å². The van der Waals surface area contributed by atoms with Crippen molar-refractivity contribution >= 4 is 17.2 Å². The molecule has 8 heterocycles. The summed E-state index contributed by atoms with van der Waals surface area (Å²) >= 11 is 0. The standard InChI is InChI=1S/C32H34N8O3/c1-21(41)38-18-32(2,19-38)20-43-27-9-28(31-24(10-33)13-36-40(31)17-27)23-5-6-29(34-12-23)37-15-25-8-26(16-37)39(25)14-22-4-7-30(42-3)35-11-22/h4-7,9,11-13,17,25-26H,8,14-16,18-20H2,1-3H3. The summed E-state index contributed by atoms with van der Waals surface area (Å²) in [6.45, 7) is 8.30. The van der Waals surface area contributed by atoms with Crippen molar-refractivity contribution in [1.29, 1.82) is 5.26 Å². The number of methoxy groups -OCH3 is 1. The lowest BCUT2D eigenvalue weighted by Gasteiger charge is -2.56. The largest absolute Gasteiger partial charge is 0.491 e. The van der Waals surface area contributed by atoms with Gasteiger partial charge in [-0.3, -0.25) is 9.69 Å². The van der Waals surface area contributed by atoms with Gasteiger partial charge in [0.2, 0.25) is 11.8 Å². The second-order valence-corrected chi connectivity index (χ2v) is 12.3. The van der Waals surface area contributed by atoms with Gasteiger partial charge < -0.3 is 19.3 Å². The van der Waals surface area contributed by atoms with Gasteiger partial charge in [-0.2, -0.15) is 10.4 Å². The Labute approximate surface area is 250 Å². The first-order chi connectivity index (χ1) is 20.8. The van der Waals surface area contributed by atoms with E-state index >= 15 is 0 Å². The molecule has 2 unspecified atom stereocenters. The number of hydrogen-bond acceptors (Lipinski definition) is 9. The van der Waals surface area contributed by atoms with Crippen molar-refractivity contribution in [2.24, 2.45) is 5.41 Å². The van der Waals surface area contributed by atoms with Gasteiger partial charge in [0, 0.05) is 86.7 Å². The normalized spacial score (nSPS) is 20.7. The highest BCUT2D eigenvalue weighted by atomic mass is 16.5. The number of fused-ring (bicyclic) bond motifs is 3. The molecule has 0 aliphatic carbocycles. The monoisotopic (exact) mass is 578 g/mol. The third-order valence-electron chi connectivity index (χ3n) is 8.98. The average Bonchev–Trinajstić information content (AvgIpc) is 3.44. The van der Waals surface area contributed by atoms with Crippen molar-refractivity contribution in [3.8, 4) is 28.8 Å². The molecule has 4 fully saturated rings. The van der Waals surface area contributed by atoms with Crippen LogP contribution in [0.15, 0.2) is 55.1 Å². The Morgan fingerprint density at radius 3 is 2.58 bits per heavy atom. The summed E-state index contributed by atoms with van der Waals surface area (Å²) in [4.78, 5) is 27.6. The molecule has 43 heavy (non-hydrogen) atoms. The Bertz CT molecular complexity index is 1690. The first-order valence-electron chi connectivity index (χ1n) is 14.6. The molecule has 1 amide bonds. The van der Waals surface area contributed by atoms with Crippen LogP contribution in [0.5, 0.6) is 11.6 Å². The number of ether oxygens (including phenoxy) is 2. The zero-order valence-electron chi connectivity index (χ0n) is 24.6. The van der Waals surface area contributed by atoms with Gasteiger partial charge in [0.05, 0.1) is 37.2 Å². The van der Waals surface area contributed by atoms with Gasteiger partial charge in [0.1, 0.15) is 17.6 Å². The van der Waals surface area contributed by atoms with Gasteiger partial charge >= 0.3 is 0 Å². The molecule has 0 radical (unpaired) electrons. The Morgan fingerprint density at radius 2 is 1.93 bits per heavy atom. The summed E-state index contributed by atoms with van der Waals surface area (Å²) in [5.41, 5.74) is 4.06. The second-order valence-electron chi connectivity index (χ2n) is 12.3. The molecular formula is C32H34N8O3. The van der Waals surface area contributed by atoms with Crippen LogP contribution in [0.1, 0.15) is 31.4 Å². The summed E-state index contributed by atoms with van der Waals surface area (Å²) in [6, 6.07) is 13.3. The van der Waals surface area contributed by atoms with Gasteiger partial charge in [-0.05, 0) is 30.2 Å². The molecule has 4 aromatic rings. The molecule has 11 nitrogen and oxygen atoms in total. The molecule has 4 aliphatic heterocycles.